The third-order valence-corrected chi connectivity index (χ3v) is 3.67. The number of aliphatic hydroxyl groups is 1. The van der Waals surface area contributed by atoms with Crippen molar-refractivity contribution in [2.75, 3.05) is 18.5 Å². The molecule has 0 amide bonds. The lowest BCUT2D eigenvalue weighted by atomic mass is 9.67. The number of aliphatic hydroxyl groups excluding tert-OH is 1. The third-order valence-electron chi connectivity index (χ3n) is 3.67. The smallest absolute Gasteiger partial charge is 0.354 e. The van der Waals surface area contributed by atoms with Gasteiger partial charge in [0.25, 0.3) is 0 Å². The summed E-state index contributed by atoms with van der Waals surface area (Å²) in [5, 5.41) is 21.1. The monoisotopic (exact) mass is 250 g/mol. The van der Waals surface area contributed by atoms with E-state index in [1.807, 2.05) is 0 Å². The van der Waals surface area contributed by atoms with Crippen LogP contribution in [-0.4, -0.2) is 34.3 Å². The van der Waals surface area contributed by atoms with Gasteiger partial charge in [0.05, 0.1) is 0 Å². The van der Waals surface area contributed by atoms with Gasteiger partial charge in [-0.1, -0.05) is 12.5 Å². The van der Waals surface area contributed by atoms with Gasteiger partial charge in [-0.3, -0.25) is 0 Å². The molecule has 1 saturated carbocycles. The number of aromatic carboxylic acids is 1. The number of carboxylic acids is 1. The predicted molar refractivity (Wildman–Crippen MR) is 67.7 cm³/mol. The lowest BCUT2D eigenvalue weighted by Crippen LogP contribution is -2.37. The zero-order valence-corrected chi connectivity index (χ0v) is 10.2. The Morgan fingerprint density at radius 3 is 2.78 bits per heavy atom. The molecule has 1 aromatic heterocycles. The lowest BCUT2D eigenvalue weighted by Gasteiger charge is -2.42. The van der Waals surface area contributed by atoms with E-state index >= 15 is 0 Å². The molecule has 98 valence electrons. The highest BCUT2D eigenvalue weighted by Gasteiger charge is 2.36. The third kappa shape index (κ3) is 2.79. The maximum Gasteiger partial charge on any atom is 0.354 e. The largest absolute Gasteiger partial charge is 0.477 e. The summed E-state index contributed by atoms with van der Waals surface area (Å²) in [5.41, 5.74) is 0.208. The van der Waals surface area contributed by atoms with Crippen LogP contribution in [0.15, 0.2) is 18.2 Å². The zero-order valence-electron chi connectivity index (χ0n) is 10.2. The molecule has 0 bridgehead atoms. The van der Waals surface area contributed by atoms with E-state index in [1.54, 1.807) is 12.1 Å². The Morgan fingerprint density at radius 1 is 1.44 bits per heavy atom. The van der Waals surface area contributed by atoms with Crippen LogP contribution in [0.1, 0.15) is 36.2 Å². The SMILES string of the molecule is O=C(O)c1cccc(NCC2(CCO)CCC2)n1. The van der Waals surface area contributed by atoms with Gasteiger partial charge >= 0.3 is 5.97 Å². The van der Waals surface area contributed by atoms with Crippen LogP contribution in [0.5, 0.6) is 0 Å². The summed E-state index contributed by atoms with van der Waals surface area (Å²) >= 11 is 0. The normalized spacial score (nSPS) is 16.9. The van der Waals surface area contributed by atoms with Crippen molar-refractivity contribution < 1.29 is 15.0 Å². The van der Waals surface area contributed by atoms with Gasteiger partial charge < -0.3 is 15.5 Å². The minimum atomic E-state index is -1.02. The molecule has 5 nitrogen and oxygen atoms in total. The Labute approximate surface area is 106 Å². The molecule has 0 aliphatic heterocycles. The Kier molecular flexibility index (Phi) is 3.81. The van der Waals surface area contributed by atoms with Crippen LogP contribution in [0.25, 0.3) is 0 Å². The number of anilines is 1. The standard InChI is InChI=1S/C13H18N2O3/c16-8-7-13(5-2-6-13)9-14-11-4-1-3-10(15-11)12(17)18/h1,3-4,16H,2,5-9H2,(H,14,15)(H,17,18). The predicted octanol–water partition coefficient (Wildman–Crippen LogP) is 1.74. The highest BCUT2D eigenvalue weighted by molar-refractivity contribution is 5.85. The van der Waals surface area contributed by atoms with E-state index in [0.29, 0.717) is 5.82 Å². The van der Waals surface area contributed by atoms with Crippen LogP contribution in [0.2, 0.25) is 0 Å². The number of hydrogen-bond acceptors (Lipinski definition) is 4. The summed E-state index contributed by atoms with van der Waals surface area (Å²) in [6.45, 7) is 0.938. The first-order valence-electron chi connectivity index (χ1n) is 6.20. The fourth-order valence-electron chi connectivity index (χ4n) is 2.36. The van der Waals surface area contributed by atoms with E-state index in [0.717, 1.165) is 25.8 Å². The average Bonchev–Trinajstić information content (AvgIpc) is 2.33. The van der Waals surface area contributed by atoms with Crippen molar-refractivity contribution in [3.63, 3.8) is 0 Å². The Balaban J connectivity index is 1.97. The molecule has 18 heavy (non-hydrogen) atoms. The molecule has 0 radical (unpaired) electrons. The van der Waals surface area contributed by atoms with Crippen molar-refractivity contribution in [3.05, 3.63) is 23.9 Å². The van der Waals surface area contributed by atoms with Gasteiger partial charge in [0, 0.05) is 13.2 Å². The van der Waals surface area contributed by atoms with Crippen LogP contribution in [0.3, 0.4) is 0 Å². The first-order valence-corrected chi connectivity index (χ1v) is 6.20. The van der Waals surface area contributed by atoms with Crippen molar-refractivity contribution in [3.8, 4) is 0 Å². The molecule has 0 aromatic carbocycles. The second kappa shape index (κ2) is 5.35. The summed E-state index contributed by atoms with van der Waals surface area (Å²) in [4.78, 5) is 14.8. The zero-order chi connectivity index (χ0) is 13.0. The van der Waals surface area contributed by atoms with E-state index in [9.17, 15) is 4.79 Å². The molecule has 1 aliphatic rings. The molecule has 1 aliphatic carbocycles. The van der Waals surface area contributed by atoms with Crippen molar-refractivity contribution in [1.82, 2.24) is 4.98 Å². The van der Waals surface area contributed by atoms with Crippen molar-refractivity contribution in [1.29, 1.82) is 0 Å². The average molecular weight is 250 g/mol. The first kappa shape index (κ1) is 12.8. The lowest BCUT2D eigenvalue weighted by molar-refractivity contribution is 0.0690. The molecule has 0 spiro atoms. The van der Waals surface area contributed by atoms with Crippen LogP contribution in [0.4, 0.5) is 5.82 Å². The fraction of sp³-hybridized carbons (Fsp3) is 0.538. The maximum atomic E-state index is 10.8. The minimum absolute atomic E-state index is 0.0461. The Morgan fingerprint density at radius 2 is 2.22 bits per heavy atom. The summed E-state index contributed by atoms with van der Waals surface area (Å²) in [6.07, 6.45) is 4.21. The molecule has 3 N–H and O–H groups in total. The van der Waals surface area contributed by atoms with Crippen LogP contribution in [-0.2, 0) is 0 Å². The van der Waals surface area contributed by atoms with Gasteiger partial charge in [-0.2, -0.15) is 0 Å². The number of nitrogens with zero attached hydrogens (tertiary/aromatic N) is 1. The summed E-state index contributed by atoms with van der Waals surface area (Å²) in [5.74, 6) is -0.438. The molecular formula is C13H18N2O3. The number of aromatic nitrogens is 1. The fourth-order valence-corrected chi connectivity index (χ4v) is 2.36. The second-order valence-electron chi connectivity index (χ2n) is 4.89. The number of pyridine rings is 1. The van der Waals surface area contributed by atoms with Crippen molar-refractivity contribution >= 4 is 11.8 Å². The Hall–Kier alpha value is -1.62. The van der Waals surface area contributed by atoms with E-state index in [2.05, 4.69) is 10.3 Å². The van der Waals surface area contributed by atoms with E-state index < -0.39 is 5.97 Å². The van der Waals surface area contributed by atoms with Gasteiger partial charge in [0.2, 0.25) is 0 Å². The van der Waals surface area contributed by atoms with Crippen LogP contribution < -0.4 is 5.32 Å². The minimum Gasteiger partial charge on any atom is -0.477 e. The molecule has 0 atom stereocenters. The molecule has 1 heterocycles. The van der Waals surface area contributed by atoms with Gasteiger partial charge in [0.15, 0.2) is 5.69 Å². The van der Waals surface area contributed by atoms with Gasteiger partial charge in [-0.25, -0.2) is 9.78 Å². The number of carboxylic acid groups (broad SMARTS) is 1. The van der Waals surface area contributed by atoms with Crippen LogP contribution >= 0.6 is 0 Å². The topological polar surface area (TPSA) is 82.5 Å². The number of nitrogens with one attached hydrogen (secondary N) is 1. The first-order chi connectivity index (χ1) is 8.65. The van der Waals surface area contributed by atoms with E-state index in [-0.39, 0.29) is 17.7 Å². The highest BCUT2D eigenvalue weighted by atomic mass is 16.4. The van der Waals surface area contributed by atoms with Gasteiger partial charge in [0.1, 0.15) is 5.82 Å². The quantitative estimate of drug-likeness (QED) is 0.716. The highest BCUT2D eigenvalue weighted by Crippen LogP contribution is 2.43. The molecule has 0 saturated heterocycles. The molecule has 0 unspecified atom stereocenters. The van der Waals surface area contributed by atoms with Crippen molar-refractivity contribution in [2.24, 2.45) is 5.41 Å². The van der Waals surface area contributed by atoms with Gasteiger partial charge in [-0.05, 0) is 36.8 Å². The number of carbonyl (C=O) groups is 1. The number of rotatable bonds is 6. The Bertz CT molecular complexity index is 430. The number of hydrogen-bond donors (Lipinski definition) is 3. The van der Waals surface area contributed by atoms with E-state index in [1.165, 1.54) is 12.5 Å². The molecule has 1 aromatic rings. The molecular weight excluding hydrogens is 232 g/mol. The van der Waals surface area contributed by atoms with Gasteiger partial charge in [-0.15, -0.1) is 0 Å². The summed E-state index contributed by atoms with van der Waals surface area (Å²) in [6, 6.07) is 4.91. The summed E-state index contributed by atoms with van der Waals surface area (Å²) in [7, 11) is 0. The summed E-state index contributed by atoms with van der Waals surface area (Å²) < 4.78 is 0. The van der Waals surface area contributed by atoms with Crippen molar-refractivity contribution in [2.45, 2.75) is 25.7 Å². The molecule has 2 rings (SSSR count). The maximum absolute atomic E-state index is 10.8. The molecule has 1 fully saturated rings. The molecule has 5 heteroatoms. The second-order valence-corrected chi connectivity index (χ2v) is 4.89. The van der Waals surface area contributed by atoms with E-state index in [4.69, 9.17) is 10.2 Å². The van der Waals surface area contributed by atoms with Crippen LogP contribution in [0, 0.1) is 5.41 Å².